The maximum absolute atomic E-state index is 13.2. The van der Waals surface area contributed by atoms with Gasteiger partial charge in [-0.2, -0.15) is 13.2 Å². The summed E-state index contributed by atoms with van der Waals surface area (Å²) in [5, 5.41) is 8.41. The SMILES string of the molecule is CN1CCN(c2ccc(N=CNO)cc2C(F)(F)F)CC1. The normalized spacial score (nSPS) is 17.5. The average Bonchev–Trinajstić information content (AvgIpc) is 2.45. The quantitative estimate of drug-likeness (QED) is 0.510. The standard InChI is InChI=1S/C13H17F3N4O/c1-19-4-6-20(7-5-19)12-3-2-10(17-9-18-21)8-11(12)13(14,15)16/h2-3,8-9,21H,4-7H2,1H3,(H,17,18). The number of likely N-dealkylation sites (N-methyl/N-ethyl adjacent to an activating group) is 1. The molecule has 1 aliphatic heterocycles. The summed E-state index contributed by atoms with van der Waals surface area (Å²) in [6.45, 7) is 2.57. The van der Waals surface area contributed by atoms with Gasteiger partial charge in [-0.3, -0.25) is 10.7 Å². The number of hydrogen-bond donors (Lipinski definition) is 2. The van der Waals surface area contributed by atoms with Gasteiger partial charge in [0.2, 0.25) is 0 Å². The minimum absolute atomic E-state index is 0.127. The maximum atomic E-state index is 13.2. The molecule has 2 rings (SSSR count). The van der Waals surface area contributed by atoms with Crippen molar-refractivity contribution >= 4 is 17.7 Å². The fourth-order valence-corrected chi connectivity index (χ4v) is 2.26. The summed E-state index contributed by atoms with van der Waals surface area (Å²) in [7, 11) is 1.95. The predicted octanol–water partition coefficient (Wildman–Crippen LogP) is 2.10. The van der Waals surface area contributed by atoms with Crippen molar-refractivity contribution in [2.45, 2.75) is 6.18 Å². The van der Waals surface area contributed by atoms with E-state index in [1.54, 1.807) is 10.4 Å². The number of rotatable bonds is 3. The predicted molar refractivity (Wildman–Crippen MR) is 74.2 cm³/mol. The smallest absolute Gasteiger partial charge is 0.368 e. The van der Waals surface area contributed by atoms with Crippen LogP contribution in [0.1, 0.15) is 5.56 Å². The van der Waals surface area contributed by atoms with Crippen LogP contribution in [0.2, 0.25) is 0 Å². The third kappa shape index (κ3) is 3.85. The number of piperazine rings is 1. The lowest BCUT2D eigenvalue weighted by Gasteiger charge is -2.35. The molecule has 0 bridgehead atoms. The molecule has 1 aromatic rings. The molecule has 0 atom stereocenters. The lowest BCUT2D eigenvalue weighted by Crippen LogP contribution is -2.45. The average molecular weight is 302 g/mol. The number of hydrogen-bond acceptors (Lipinski definition) is 4. The Labute approximate surface area is 120 Å². The Balaban J connectivity index is 2.34. The van der Waals surface area contributed by atoms with E-state index in [2.05, 4.69) is 9.89 Å². The van der Waals surface area contributed by atoms with Crippen LogP contribution in [-0.4, -0.2) is 49.7 Å². The summed E-state index contributed by atoms with van der Waals surface area (Å²) in [5.74, 6) is 0. The Morgan fingerprint density at radius 1 is 1.24 bits per heavy atom. The zero-order valence-corrected chi connectivity index (χ0v) is 11.6. The molecule has 116 valence electrons. The van der Waals surface area contributed by atoms with Crippen LogP contribution in [0, 0.1) is 0 Å². The number of anilines is 1. The second kappa shape index (κ2) is 6.31. The second-order valence-corrected chi connectivity index (χ2v) is 4.88. The van der Waals surface area contributed by atoms with E-state index in [4.69, 9.17) is 5.21 Å². The van der Waals surface area contributed by atoms with Gasteiger partial charge in [-0.15, -0.1) is 0 Å². The molecule has 0 unspecified atom stereocenters. The first-order chi connectivity index (χ1) is 9.91. The van der Waals surface area contributed by atoms with E-state index < -0.39 is 11.7 Å². The molecule has 1 aliphatic rings. The van der Waals surface area contributed by atoms with Gasteiger partial charge in [-0.05, 0) is 25.2 Å². The molecule has 1 aromatic carbocycles. The van der Waals surface area contributed by atoms with Crippen LogP contribution >= 0.6 is 0 Å². The van der Waals surface area contributed by atoms with Crippen molar-refractivity contribution in [1.82, 2.24) is 10.4 Å². The summed E-state index contributed by atoms with van der Waals surface area (Å²) in [4.78, 5) is 7.50. The zero-order valence-electron chi connectivity index (χ0n) is 11.6. The van der Waals surface area contributed by atoms with Gasteiger partial charge >= 0.3 is 6.18 Å². The van der Waals surface area contributed by atoms with Crippen LogP contribution in [0.15, 0.2) is 23.2 Å². The lowest BCUT2D eigenvalue weighted by molar-refractivity contribution is -0.137. The van der Waals surface area contributed by atoms with Crippen molar-refractivity contribution < 1.29 is 18.4 Å². The van der Waals surface area contributed by atoms with E-state index >= 15 is 0 Å². The van der Waals surface area contributed by atoms with E-state index in [0.717, 1.165) is 25.5 Å². The summed E-state index contributed by atoms with van der Waals surface area (Å²) >= 11 is 0. The molecule has 2 N–H and O–H groups in total. The summed E-state index contributed by atoms with van der Waals surface area (Å²) in [6, 6.07) is 3.91. The molecule has 5 nitrogen and oxygen atoms in total. The number of alkyl halides is 3. The van der Waals surface area contributed by atoms with E-state index in [1.807, 2.05) is 7.05 Å². The van der Waals surface area contributed by atoms with Gasteiger partial charge in [0.25, 0.3) is 0 Å². The summed E-state index contributed by atoms with van der Waals surface area (Å²) in [6.07, 6.45) is -3.53. The molecule has 1 saturated heterocycles. The Bertz CT molecular complexity index is 511. The highest BCUT2D eigenvalue weighted by Crippen LogP contribution is 2.39. The van der Waals surface area contributed by atoms with Gasteiger partial charge in [-0.1, -0.05) is 0 Å². The number of hydroxylamine groups is 1. The first-order valence-electron chi connectivity index (χ1n) is 6.48. The Morgan fingerprint density at radius 3 is 2.48 bits per heavy atom. The molecule has 1 heterocycles. The lowest BCUT2D eigenvalue weighted by atomic mass is 10.1. The molecule has 0 radical (unpaired) electrons. The summed E-state index contributed by atoms with van der Waals surface area (Å²) < 4.78 is 39.7. The highest BCUT2D eigenvalue weighted by molar-refractivity contribution is 5.65. The Morgan fingerprint density at radius 2 is 1.90 bits per heavy atom. The van der Waals surface area contributed by atoms with Crippen LogP contribution in [0.3, 0.4) is 0 Å². The third-order valence-corrected chi connectivity index (χ3v) is 3.40. The van der Waals surface area contributed by atoms with Crippen molar-refractivity contribution in [3.8, 4) is 0 Å². The van der Waals surface area contributed by atoms with Gasteiger partial charge in [0.15, 0.2) is 0 Å². The van der Waals surface area contributed by atoms with Crippen molar-refractivity contribution in [3.63, 3.8) is 0 Å². The number of nitrogens with one attached hydrogen (secondary N) is 1. The maximum Gasteiger partial charge on any atom is 0.418 e. The van der Waals surface area contributed by atoms with Crippen LogP contribution in [-0.2, 0) is 6.18 Å². The molecule has 0 saturated carbocycles. The fourth-order valence-electron chi connectivity index (χ4n) is 2.26. The Kier molecular flexibility index (Phi) is 4.69. The minimum Gasteiger partial charge on any atom is -0.368 e. The summed E-state index contributed by atoms with van der Waals surface area (Å²) in [5.41, 5.74) is 1.26. The van der Waals surface area contributed by atoms with Crippen LogP contribution in [0.5, 0.6) is 0 Å². The molecular formula is C13H17F3N4O. The zero-order chi connectivity index (χ0) is 15.5. The fraction of sp³-hybridized carbons (Fsp3) is 0.462. The molecule has 8 heteroatoms. The van der Waals surface area contributed by atoms with Gasteiger partial charge < -0.3 is 9.80 Å². The molecule has 21 heavy (non-hydrogen) atoms. The highest BCUT2D eigenvalue weighted by Gasteiger charge is 2.35. The van der Waals surface area contributed by atoms with Crippen molar-refractivity contribution in [2.75, 3.05) is 38.1 Å². The molecule has 0 spiro atoms. The molecule has 1 fully saturated rings. The topological polar surface area (TPSA) is 51.1 Å². The van der Waals surface area contributed by atoms with Crippen molar-refractivity contribution in [1.29, 1.82) is 0 Å². The first-order valence-corrected chi connectivity index (χ1v) is 6.48. The van der Waals surface area contributed by atoms with Gasteiger partial charge in [-0.25, -0.2) is 4.99 Å². The number of nitrogens with zero attached hydrogens (tertiary/aromatic N) is 3. The number of benzene rings is 1. The third-order valence-electron chi connectivity index (χ3n) is 3.40. The van der Waals surface area contributed by atoms with Crippen LogP contribution in [0.25, 0.3) is 0 Å². The van der Waals surface area contributed by atoms with Gasteiger partial charge in [0, 0.05) is 31.9 Å². The van der Waals surface area contributed by atoms with Gasteiger partial charge in [0.05, 0.1) is 11.3 Å². The largest absolute Gasteiger partial charge is 0.418 e. The minimum atomic E-state index is -4.45. The van der Waals surface area contributed by atoms with Crippen LogP contribution in [0.4, 0.5) is 24.5 Å². The molecular weight excluding hydrogens is 285 g/mol. The van der Waals surface area contributed by atoms with E-state index in [1.165, 1.54) is 12.1 Å². The number of aliphatic imine (C=N–C) groups is 1. The number of halogens is 3. The van der Waals surface area contributed by atoms with Crippen molar-refractivity contribution in [3.05, 3.63) is 23.8 Å². The first kappa shape index (κ1) is 15.6. The van der Waals surface area contributed by atoms with E-state index in [9.17, 15) is 13.2 Å². The molecule has 0 amide bonds. The molecule has 0 aliphatic carbocycles. The van der Waals surface area contributed by atoms with Crippen LogP contribution < -0.4 is 10.4 Å². The monoisotopic (exact) mass is 302 g/mol. The molecule has 0 aromatic heterocycles. The second-order valence-electron chi connectivity index (χ2n) is 4.88. The van der Waals surface area contributed by atoms with Crippen molar-refractivity contribution in [2.24, 2.45) is 4.99 Å². The van der Waals surface area contributed by atoms with E-state index in [0.29, 0.717) is 13.1 Å². The Hall–Kier alpha value is -1.80. The van der Waals surface area contributed by atoms with Gasteiger partial charge in [0.1, 0.15) is 6.34 Å². The highest BCUT2D eigenvalue weighted by atomic mass is 19.4. The van der Waals surface area contributed by atoms with E-state index in [-0.39, 0.29) is 11.4 Å².